The molecule has 1 aromatic carbocycles. The minimum Gasteiger partial charge on any atom is -0.363 e. The molecule has 4 heteroatoms. The third-order valence-corrected chi connectivity index (χ3v) is 5.03. The highest BCUT2D eigenvalue weighted by atomic mass is 79.9. The van der Waals surface area contributed by atoms with E-state index in [-0.39, 0.29) is 5.54 Å². The first-order valence-electron chi connectivity index (χ1n) is 6.77. The molecule has 1 unspecified atom stereocenters. The molecule has 2 rings (SSSR count). The van der Waals surface area contributed by atoms with Crippen LogP contribution in [0, 0.1) is 5.92 Å². The zero-order chi connectivity index (χ0) is 14.2. The molecule has 1 aliphatic heterocycles. The van der Waals surface area contributed by atoms with Crippen LogP contribution in [0.4, 0.5) is 5.69 Å². The van der Waals surface area contributed by atoms with Crippen LogP contribution in [0.25, 0.3) is 0 Å². The highest BCUT2D eigenvalue weighted by Crippen LogP contribution is 2.38. The van der Waals surface area contributed by atoms with Crippen molar-refractivity contribution in [3.05, 3.63) is 27.1 Å². The minimum absolute atomic E-state index is 0.139. The number of anilines is 1. The lowest BCUT2D eigenvalue weighted by molar-refractivity contribution is 0.277. The minimum atomic E-state index is 0.139. The Balaban J connectivity index is 2.42. The number of rotatable bonds is 2. The smallest absolute Gasteiger partial charge is 0.0658 e. The summed E-state index contributed by atoms with van der Waals surface area (Å²) in [4.78, 5) is 2.54. The summed E-state index contributed by atoms with van der Waals surface area (Å²) >= 11 is 7.41. The molecule has 1 aromatic rings. The maximum Gasteiger partial charge on any atom is 0.0658 e. The summed E-state index contributed by atoms with van der Waals surface area (Å²) in [5.74, 6) is 0.614. The summed E-state index contributed by atoms with van der Waals surface area (Å²) in [6.07, 6.45) is 0. The van der Waals surface area contributed by atoms with Gasteiger partial charge in [-0.15, -0.1) is 0 Å². The molecule has 0 aromatic heterocycles. The number of para-hydroxylation sites is 1. The summed E-state index contributed by atoms with van der Waals surface area (Å²) in [6.45, 7) is 11.2. The van der Waals surface area contributed by atoms with Gasteiger partial charge in [0.25, 0.3) is 0 Å². The predicted molar refractivity (Wildman–Crippen MR) is 89.9 cm³/mol. The standard InChI is InChI=1S/C15H22Br2N2/c1-10(2)13-8-18-15(3,4)9-19(13)14-11(16)6-5-7-12(14)17/h5-7,10,13,18H,8-9H2,1-4H3. The van der Waals surface area contributed by atoms with Crippen molar-refractivity contribution in [1.29, 1.82) is 0 Å². The van der Waals surface area contributed by atoms with Crippen molar-refractivity contribution in [3.8, 4) is 0 Å². The number of nitrogens with one attached hydrogen (secondary N) is 1. The lowest BCUT2D eigenvalue weighted by Crippen LogP contribution is -2.63. The fraction of sp³-hybridized carbons (Fsp3) is 0.600. The van der Waals surface area contributed by atoms with Crippen molar-refractivity contribution in [3.63, 3.8) is 0 Å². The van der Waals surface area contributed by atoms with Gasteiger partial charge in [-0.1, -0.05) is 19.9 Å². The van der Waals surface area contributed by atoms with Crippen molar-refractivity contribution in [2.45, 2.75) is 39.3 Å². The second-order valence-electron chi connectivity index (χ2n) is 6.27. The number of piperazine rings is 1. The first kappa shape index (κ1) is 15.3. The maximum atomic E-state index is 3.70. The van der Waals surface area contributed by atoms with Crippen LogP contribution in [0.5, 0.6) is 0 Å². The van der Waals surface area contributed by atoms with Gasteiger partial charge in [0, 0.05) is 33.6 Å². The van der Waals surface area contributed by atoms with Gasteiger partial charge >= 0.3 is 0 Å². The fourth-order valence-corrected chi connectivity index (χ4v) is 4.15. The van der Waals surface area contributed by atoms with Gasteiger partial charge in [0.1, 0.15) is 0 Å². The Kier molecular flexibility index (Phi) is 4.63. The van der Waals surface area contributed by atoms with Gasteiger partial charge in [0.2, 0.25) is 0 Å². The fourth-order valence-electron chi connectivity index (χ4n) is 2.69. The Bertz CT molecular complexity index is 437. The van der Waals surface area contributed by atoms with Crippen molar-refractivity contribution >= 4 is 37.5 Å². The van der Waals surface area contributed by atoms with Gasteiger partial charge in [-0.25, -0.2) is 0 Å². The molecule has 19 heavy (non-hydrogen) atoms. The topological polar surface area (TPSA) is 15.3 Å². The molecule has 0 amide bonds. The molecule has 1 atom stereocenters. The van der Waals surface area contributed by atoms with Crippen LogP contribution in [-0.4, -0.2) is 24.7 Å². The number of hydrogen-bond acceptors (Lipinski definition) is 2. The maximum absolute atomic E-state index is 3.70. The first-order chi connectivity index (χ1) is 8.82. The van der Waals surface area contributed by atoms with Crippen LogP contribution >= 0.6 is 31.9 Å². The Morgan fingerprint density at radius 2 is 1.84 bits per heavy atom. The molecule has 0 radical (unpaired) electrons. The van der Waals surface area contributed by atoms with Crippen LogP contribution in [0.15, 0.2) is 27.1 Å². The second-order valence-corrected chi connectivity index (χ2v) is 7.98. The monoisotopic (exact) mass is 388 g/mol. The molecular formula is C15H22Br2N2. The van der Waals surface area contributed by atoms with Crippen LogP contribution < -0.4 is 10.2 Å². The largest absolute Gasteiger partial charge is 0.363 e. The zero-order valence-corrected chi connectivity index (χ0v) is 15.2. The summed E-state index contributed by atoms with van der Waals surface area (Å²) in [5.41, 5.74) is 1.41. The molecule has 1 saturated heterocycles. The van der Waals surface area contributed by atoms with E-state index in [1.54, 1.807) is 0 Å². The van der Waals surface area contributed by atoms with Crippen molar-refractivity contribution in [1.82, 2.24) is 5.32 Å². The third kappa shape index (κ3) is 3.34. The van der Waals surface area contributed by atoms with Crippen LogP contribution in [0.2, 0.25) is 0 Å². The van der Waals surface area contributed by atoms with Gasteiger partial charge in [-0.2, -0.15) is 0 Å². The van der Waals surface area contributed by atoms with Gasteiger partial charge in [-0.05, 0) is 63.8 Å². The van der Waals surface area contributed by atoms with E-state index in [0.29, 0.717) is 12.0 Å². The van der Waals surface area contributed by atoms with Crippen molar-refractivity contribution < 1.29 is 0 Å². The lowest BCUT2D eigenvalue weighted by Gasteiger charge is -2.48. The average Bonchev–Trinajstić information content (AvgIpc) is 2.27. The molecule has 0 spiro atoms. The van der Waals surface area contributed by atoms with E-state index in [0.717, 1.165) is 22.0 Å². The Labute approximate surface area is 133 Å². The molecule has 1 aliphatic rings. The highest BCUT2D eigenvalue weighted by molar-refractivity contribution is 9.11. The molecule has 0 aliphatic carbocycles. The SMILES string of the molecule is CC(C)C1CNC(C)(C)CN1c1c(Br)cccc1Br. The Morgan fingerprint density at radius 3 is 2.37 bits per heavy atom. The molecule has 2 nitrogen and oxygen atoms in total. The van der Waals surface area contributed by atoms with E-state index in [2.05, 4.69) is 88.0 Å². The molecule has 0 bridgehead atoms. The number of halogens is 2. The van der Waals surface area contributed by atoms with E-state index in [1.165, 1.54) is 5.69 Å². The van der Waals surface area contributed by atoms with Gasteiger partial charge in [0.15, 0.2) is 0 Å². The van der Waals surface area contributed by atoms with E-state index >= 15 is 0 Å². The van der Waals surface area contributed by atoms with Gasteiger partial charge < -0.3 is 10.2 Å². The number of hydrogen-bond donors (Lipinski definition) is 1. The summed E-state index contributed by atoms with van der Waals surface area (Å²) < 4.78 is 2.32. The molecule has 106 valence electrons. The van der Waals surface area contributed by atoms with Crippen molar-refractivity contribution in [2.75, 3.05) is 18.0 Å². The highest BCUT2D eigenvalue weighted by Gasteiger charge is 2.35. The summed E-state index contributed by atoms with van der Waals surface area (Å²) in [5, 5.41) is 3.66. The predicted octanol–water partition coefficient (Wildman–Crippen LogP) is 4.42. The van der Waals surface area contributed by atoms with Gasteiger partial charge in [0.05, 0.1) is 5.69 Å². The summed E-state index contributed by atoms with van der Waals surface area (Å²) in [7, 11) is 0. The lowest BCUT2D eigenvalue weighted by atomic mass is 9.92. The van der Waals surface area contributed by atoms with E-state index < -0.39 is 0 Å². The Morgan fingerprint density at radius 1 is 1.26 bits per heavy atom. The first-order valence-corrected chi connectivity index (χ1v) is 8.36. The Hall–Kier alpha value is -0.0600. The van der Waals surface area contributed by atoms with E-state index in [1.807, 2.05) is 0 Å². The average molecular weight is 390 g/mol. The van der Waals surface area contributed by atoms with Crippen LogP contribution in [0.3, 0.4) is 0 Å². The second kappa shape index (κ2) is 5.74. The van der Waals surface area contributed by atoms with Gasteiger partial charge in [-0.3, -0.25) is 0 Å². The zero-order valence-electron chi connectivity index (χ0n) is 12.0. The van der Waals surface area contributed by atoms with Crippen LogP contribution in [-0.2, 0) is 0 Å². The normalized spacial score (nSPS) is 22.9. The number of nitrogens with zero attached hydrogens (tertiary/aromatic N) is 1. The van der Waals surface area contributed by atoms with E-state index in [9.17, 15) is 0 Å². The van der Waals surface area contributed by atoms with Crippen molar-refractivity contribution in [2.24, 2.45) is 5.92 Å². The van der Waals surface area contributed by atoms with Crippen LogP contribution in [0.1, 0.15) is 27.7 Å². The molecule has 1 N–H and O–H groups in total. The number of benzene rings is 1. The molecular weight excluding hydrogens is 368 g/mol. The molecule has 1 fully saturated rings. The van der Waals surface area contributed by atoms with E-state index in [4.69, 9.17) is 0 Å². The summed E-state index contributed by atoms with van der Waals surface area (Å²) in [6, 6.07) is 6.82. The quantitative estimate of drug-likeness (QED) is 0.804. The molecule has 0 saturated carbocycles. The third-order valence-electron chi connectivity index (χ3n) is 3.75. The molecule has 1 heterocycles.